The summed E-state index contributed by atoms with van der Waals surface area (Å²) < 4.78 is 13.3. The van der Waals surface area contributed by atoms with Gasteiger partial charge in [0.1, 0.15) is 17.9 Å². The number of rotatable bonds is 5. The number of hydrogen-bond donors (Lipinski definition) is 2. The van der Waals surface area contributed by atoms with Crippen molar-refractivity contribution in [3.63, 3.8) is 0 Å². The number of nitrogens with zero attached hydrogens (tertiary/aromatic N) is 1. The van der Waals surface area contributed by atoms with Crippen molar-refractivity contribution in [1.82, 2.24) is 10.2 Å². The molecule has 9 heteroatoms. The van der Waals surface area contributed by atoms with Gasteiger partial charge in [0.15, 0.2) is 5.78 Å². The number of amides is 4. The van der Waals surface area contributed by atoms with Crippen molar-refractivity contribution in [3.8, 4) is 0 Å². The van der Waals surface area contributed by atoms with Crippen molar-refractivity contribution >= 4 is 40.9 Å². The normalized spacial score (nSPS) is 18.6. The van der Waals surface area contributed by atoms with Crippen molar-refractivity contribution in [2.75, 3.05) is 11.9 Å². The van der Waals surface area contributed by atoms with Crippen LogP contribution < -0.4 is 10.6 Å². The Balaban J connectivity index is 1.77. The molecule has 7 nitrogen and oxygen atoms in total. The zero-order chi connectivity index (χ0) is 21.3. The average Bonchev–Trinajstić information content (AvgIpc) is 2.85. The summed E-state index contributed by atoms with van der Waals surface area (Å²) in [6.45, 7) is 2.29. The SMILES string of the molecule is CC(=O)c1cccc(NC(=O)CN2C(=O)NC(C)(c3ccc(F)cc3Cl)C2=O)c1. The standard InChI is InChI=1S/C20H17ClFN3O4/c1-11(26)12-4-3-5-14(8-12)23-17(27)10-25-18(28)20(2,24-19(25)29)15-7-6-13(22)9-16(15)21/h3-9H,10H2,1-2H3,(H,23,27)(H,24,29). The lowest BCUT2D eigenvalue weighted by atomic mass is 9.92. The van der Waals surface area contributed by atoms with Gasteiger partial charge in [-0.3, -0.25) is 19.3 Å². The molecule has 1 heterocycles. The molecule has 150 valence electrons. The lowest BCUT2D eigenvalue weighted by molar-refractivity contribution is -0.133. The summed E-state index contributed by atoms with van der Waals surface area (Å²) in [5, 5.41) is 5.04. The maximum Gasteiger partial charge on any atom is 0.325 e. The van der Waals surface area contributed by atoms with Gasteiger partial charge in [-0.15, -0.1) is 0 Å². The highest BCUT2D eigenvalue weighted by molar-refractivity contribution is 6.32. The van der Waals surface area contributed by atoms with Crippen LogP contribution in [-0.4, -0.2) is 35.1 Å². The Morgan fingerprint density at radius 3 is 2.59 bits per heavy atom. The van der Waals surface area contributed by atoms with E-state index < -0.39 is 35.7 Å². The maximum absolute atomic E-state index is 13.3. The van der Waals surface area contributed by atoms with Crippen LogP contribution in [0.1, 0.15) is 29.8 Å². The van der Waals surface area contributed by atoms with Gasteiger partial charge in [-0.25, -0.2) is 9.18 Å². The van der Waals surface area contributed by atoms with Gasteiger partial charge in [0.25, 0.3) is 5.91 Å². The molecular formula is C20H17ClFN3O4. The maximum atomic E-state index is 13.3. The lowest BCUT2D eigenvalue weighted by Crippen LogP contribution is -2.42. The summed E-state index contributed by atoms with van der Waals surface area (Å²) in [6.07, 6.45) is 0. The topological polar surface area (TPSA) is 95.6 Å². The molecule has 1 saturated heterocycles. The van der Waals surface area contributed by atoms with Crippen LogP contribution in [0.25, 0.3) is 0 Å². The van der Waals surface area contributed by atoms with Gasteiger partial charge >= 0.3 is 6.03 Å². The van der Waals surface area contributed by atoms with E-state index in [4.69, 9.17) is 11.6 Å². The summed E-state index contributed by atoms with van der Waals surface area (Å²) in [4.78, 5) is 49.8. The zero-order valence-electron chi connectivity index (χ0n) is 15.6. The number of halogens is 2. The highest BCUT2D eigenvalue weighted by atomic mass is 35.5. The van der Waals surface area contributed by atoms with E-state index in [1.807, 2.05) is 0 Å². The summed E-state index contributed by atoms with van der Waals surface area (Å²) in [5.41, 5.74) is -0.539. The van der Waals surface area contributed by atoms with E-state index in [9.17, 15) is 23.6 Å². The van der Waals surface area contributed by atoms with E-state index in [2.05, 4.69) is 10.6 Å². The number of anilines is 1. The third-order valence-corrected chi connectivity index (χ3v) is 4.91. The zero-order valence-corrected chi connectivity index (χ0v) is 16.3. The van der Waals surface area contributed by atoms with Crippen LogP contribution in [0.4, 0.5) is 14.9 Å². The van der Waals surface area contributed by atoms with Crippen LogP contribution in [0.15, 0.2) is 42.5 Å². The summed E-state index contributed by atoms with van der Waals surface area (Å²) >= 11 is 6.04. The third-order valence-electron chi connectivity index (χ3n) is 4.60. The second-order valence-electron chi connectivity index (χ2n) is 6.76. The molecule has 1 fully saturated rings. The molecule has 2 N–H and O–H groups in total. The molecule has 0 saturated carbocycles. The molecule has 0 aromatic heterocycles. The lowest BCUT2D eigenvalue weighted by Gasteiger charge is -2.23. The number of urea groups is 1. The second kappa shape index (κ2) is 7.63. The van der Waals surface area contributed by atoms with Gasteiger partial charge in [-0.1, -0.05) is 29.8 Å². The number of imide groups is 1. The van der Waals surface area contributed by atoms with E-state index in [1.165, 1.54) is 26.0 Å². The van der Waals surface area contributed by atoms with Gasteiger partial charge in [-0.05, 0) is 38.1 Å². The van der Waals surface area contributed by atoms with Crippen molar-refractivity contribution in [2.24, 2.45) is 0 Å². The smallest absolute Gasteiger partial charge is 0.325 e. The molecular weight excluding hydrogens is 401 g/mol. The number of benzene rings is 2. The Labute approximate surface area is 170 Å². The molecule has 0 aliphatic carbocycles. The van der Waals surface area contributed by atoms with Gasteiger partial charge in [0.2, 0.25) is 5.91 Å². The van der Waals surface area contributed by atoms with Gasteiger partial charge in [-0.2, -0.15) is 0 Å². The minimum absolute atomic E-state index is 0.0199. The first kappa shape index (κ1) is 20.5. The van der Waals surface area contributed by atoms with Crippen LogP contribution in [0.5, 0.6) is 0 Å². The van der Waals surface area contributed by atoms with Crippen LogP contribution >= 0.6 is 11.6 Å². The highest BCUT2D eigenvalue weighted by Gasteiger charge is 2.50. The van der Waals surface area contributed by atoms with Crippen molar-refractivity contribution < 1.29 is 23.6 Å². The molecule has 4 amide bonds. The molecule has 0 radical (unpaired) electrons. The third kappa shape index (κ3) is 3.97. The van der Waals surface area contributed by atoms with E-state index >= 15 is 0 Å². The first-order valence-corrected chi connectivity index (χ1v) is 9.00. The van der Waals surface area contributed by atoms with E-state index in [0.29, 0.717) is 11.3 Å². The fraction of sp³-hybridized carbons (Fsp3) is 0.200. The highest BCUT2D eigenvalue weighted by Crippen LogP contribution is 2.33. The fourth-order valence-electron chi connectivity index (χ4n) is 3.08. The Hall–Kier alpha value is -3.26. The Morgan fingerprint density at radius 2 is 1.93 bits per heavy atom. The molecule has 0 bridgehead atoms. The Kier molecular flexibility index (Phi) is 5.39. The molecule has 2 aromatic carbocycles. The van der Waals surface area contributed by atoms with Crippen LogP contribution in [-0.2, 0) is 15.1 Å². The van der Waals surface area contributed by atoms with Crippen LogP contribution in [0.2, 0.25) is 5.02 Å². The largest absolute Gasteiger partial charge is 0.325 e. The van der Waals surface area contributed by atoms with E-state index in [1.54, 1.807) is 18.2 Å². The van der Waals surface area contributed by atoms with Crippen molar-refractivity contribution in [3.05, 3.63) is 64.4 Å². The molecule has 1 atom stereocenters. The van der Waals surface area contributed by atoms with E-state index in [-0.39, 0.29) is 16.4 Å². The van der Waals surface area contributed by atoms with Gasteiger partial charge in [0, 0.05) is 21.8 Å². The number of Topliss-reactive ketones (excluding diaryl/α,β-unsaturated/α-hetero) is 1. The van der Waals surface area contributed by atoms with Crippen LogP contribution in [0, 0.1) is 5.82 Å². The van der Waals surface area contributed by atoms with Gasteiger partial charge in [0.05, 0.1) is 0 Å². The molecule has 29 heavy (non-hydrogen) atoms. The molecule has 1 aliphatic heterocycles. The van der Waals surface area contributed by atoms with Crippen molar-refractivity contribution in [1.29, 1.82) is 0 Å². The van der Waals surface area contributed by atoms with Crippen LogP contribution in [0.3, 0.4) is 0 Å². The molecule has 0 spiro atoms. The molecule has 3 rings (SSSR count). The quantitative estimate of drug-likeness (QED) is 0.577. The minimum Gasteiger partial charge on any atom is -0.325 e. The number of carbonyl (C=O) groups is 4. The fourth-order valence-corrected chi connectivity index (χ4v) is 3.43. The molecule has 1 unspecified atom stereocenters. The first-order valence-electron chi connectivity index (χ1n) is 8.62. The average molecular weight is 418 g/mol. The predicted molar refractivity (Wildman–Crippen MR) is 104 cm³/mol. The van der Waals surface area contributed by atoms with E-state index in [0.717, 1.165) is 17.0 Å². The van der Waals surface area contributed by atoms with Gasteiger partial charge < -0.3 is 10.6 Å². The second-order valence-corrected chi connectivity index (χ2v) is 7.16. The summed E-state index contributed by atoms with van der Waals surface area (Å²) in [7, 11) is 0. The predicted octanol–water partition coefficient (Wildman–Crippen LogP) is 3.09. The first-order chi connectivity index (χ1) is 13.6. The molecule has 1 aliphatic rings. The Morgan fingerprint density at radius 1 is 1.21 bits per heavy atom. The number of ketones is 1. The minimum atomic E-state index is -1.53. The number of hydrogen-bond acceptors (Lipinski definition) is 4. The Bertz CT molecular complexity index is 1040. The number of nitrogens with one attached hydrogen (secondary N) is 2. The monoisotopic (exact) mass is 417 g/mol. The number of carbonyl (C=O) groups excluding carboxylic acids is 4. The summed E-state index contributed by atoms with van der Waals surface area (Å²) in [6, 6.07) is 8.99. The summed E-state index contributed by atoms with van der Waals surface area (Å²) in [5.74, 6) is -2.06. The van der Waals surface area contributed by atoms with Crippen molar-refractivity contribution in [2.45, 2.75) is 19.4 Å². The molecule has 2 aromatic rings.